The normalized spacial score (nSPS) is 11.9. The van der Waals surface area contributed by atoms with E-state index in [-0.39, 0.29) is 6.04 Å². The van der Waals surface area contributed by atoms with Gasteiger partial charge in [-0.25, -0.2) is 0 Å². The Morgan fingerprint density at radius 1 is 1.05 bits per heavy atom. The van der Waals surface area contributed by atoms with Crippen LogP contribution in [0.25, 0.3) is 0 Å². The van der Waals surface area contributed by atoms with Crippen LogP contribution in [0.1, 0.15) is 30.5 Å². The zero-order valence-corrected chi connectivity index (χ0v) is 12.0. The van der Waals surface area contributed by atoms with Crippen molar-refractivity contribution in [3.63, 3.8) is 0 Å². The third-order valence-corrected chi connectivity index (χ3v) is 3.29. The Bertz CT molecular complexity index is 540. The van der Waals surface area contributed by atoms with E-state index in [1.54, 1.807) is 7.11 Å². The van der Waals surface area contributed by atoms with Crippen molar-refractivity contribution in [1.29, 1.82) is 0 Å². The summed E-state index contributed by atoms with van der Waals surface area (Å²) in [6, 6.07) is 16.0. The van der Waals surface area contributed by atoms with Crippen LogP contribution >= 0.6 is 0 Å². The minimum Gasteiger partial charge on any atom is -0.493 e. The second kappa shape index (κ2) is 6.96. The maximum absolute atomic E-state index is 6.04. The third kappa shape index (κ3) is 3.52. The van der Waals surface area contributed by atoms with Crippen molar-refractivity contribution in [2.45, 2.75) is 26.0 Å². The van der Waals surface area contributed by atoms with Crippen LogP contribution in [0.15, 0.2) is 48.5 Å². The molecule has 20 heavy (non-hydrogen) atoms. The molecule has 0 aromatic heterocycles. The van der Waals surface area contributed by atoms with Gasteiger partial charge in [0.2, 0.25) is 0 Å². The number of methoxy groups -OCH3 is 1. The summed E-state index contributed by atoms with van der Waals surface area (Å²) in [4.78, 5) is 0. The Hall–Kier alpha value is -2.00. The molecule has 3 nitrogen and oxygen atoms in total. The van der Waals surface area contributed by atoms with E-state index in [9.17, 15) is 0 Å². The van der Waals surface area contributed by atoms with Crippen LogP contribution in [-0.2, 0) is 6.61 Å². The lowest BCUT2D eigenvalue weighted by Gasteiger charge is -2.15. The number of ether oxygens (including phenoxy) is 2. The van der Waals surface area contributed by atoms with Crippen molar-refractivity contribution in [2.24, 2.45) is 5.73 Å². The number of nitrogens with two attached hydrogens (primary N) is 1. The fraction of sp³-hybridized carbons (Fsp3) is 0.294. The third-order valence-electron chi connectivity index (χ3n) is 3.29. The molecule has 0 amide bonds. The minimum atomic E-state index is 0.0343. The number of hydrogen-bond acceptors (Lipinski definition) is 3. The molecule has 2 N–H and O–H groups in total. The summed E-state index contributed by atoms with van der Waals surface area (Å²) in [5.74, 6) is 1.46. The Kier molecular flexibility index (Phi) is 5.02. The molecule has 2 rings (SSSR count). The summed E-state index contributed by atoms with van der Waals surface area (Å²) in [5.41, 5.74) is 8.23. The van der Waals surface area contributed by atoms with Crippen molar-refractivity contribution in [1.82, 2.24) is 0 Å². The maximum Gasteiger partial charge on any atom is 0.161 e. The van der Waals surface area contributed by atoms with E-state index in [0.717, 1.165) is 29.0 Å². The SMILES string of the molecule is CC[C@@H](N)c1ccc(OCc2ccccc2)c(OC)c1. The highest BCUT2D eigenvalue weighted by Gasteiger charge is 2.09. The molecular formula is C17H21NO2. The van der Waals surface area contributed by atoms with Gasteiger partial charge in [-0.1, -0.05) is 43.3 Å². The van der Waals surface area contributed by atoms with Gasteiger partial charge in [0.05, 0.1) is 7.11 Å². The summed E-state index contributed by atoms with van der Waals surface area (Å²) in [5, 5.41) is 0. The molecule has 0 aliphatic rings. The van der Waals surface area contributed by atoms with Gasteiger partial charge in [-0.05, 0) is 29.7 Å². The van der Waals surface area contributed by atoms with Crippen molar-refractivity contribution in [3.05, 3.63) is 59.7 Å². The largest absolute Gasteiger partial charge is 0.493 e. The molecule has 2 aromatic rings. The fourth-order valence-electron chi connectivity index (χ4n) is 2.01. The minimum absolute atomic E-state index is 0.0343. The lowest BCUT2D eigenvalue weighted by Crippen LogP contribution is -2.09. The molecule has 0 fully saturated rings. The predicted octanol–water partition coefficient (Wildman–Crippen LogP) is 3.68. The standard InChI is InChI=1S/C17H21NO2/c1-3-15(18)14-9-10-16(17(11-14)19-2)20-12-13-7-5-4-6-8-13/h4-11,15H,3,12,18H2,1-2H3/t15-/m1/s1. The van der Waals surface area contributed by atoms with Gasteiger partial charge in [0, 0.05) is 6.04 Å². The Morgan fingerprint density at radius 2 is 1.80 bits per heavy atom. The van der Waals surface area contributed by atoms with Gasteiger partial charge in [-0.15, -0.1) is 0 Å². The lowest BCUT2D eigenvalue weighted by molar-refractivity contribution is 0.284. The highest BCUT2D eigenvalue weighted by atomic mass is 16.5. The van der Waals surface area contributed by atoms with Crippen LogP contribution in [-0.4, -0.2) is 7.11 Å². The van der Waals surface area contributed by atoms with Crippen LogP contribution in [0.3, 0.4) is 0 Å². The van der Waals surface area contributed by atoms with E-state index in [2.05, 4.69) is 6.92 Å². The first-order chi connectivity index (χ1) is 9.74. The summed E-state index contributed by atoms with van der Waals surface area (Å²) in [6.07, 6.45) is 0.896. The van der Waals surface area contributed by atoms with Gasteiger partial charge < -0.3 is 15.2 Å². The summed E-state index contributed by atoms with van der Waals surface area (Å²) < 4.78 is 11.2. The van der Waals surface area contributed by atoms with E-state index >= 15 is 0 Å². The average Bonchev–Trinajstić information content (AvgIpc) is 2.53. The van der Waals surface area contributed by atoms with Crippen LogP contribution < -0.4 is 15.2 Å². The van der Waals surface area contributed by atoms with E-state index in [1.165, 1.54) is 0 Å². The molecule has 2 aromatic carbocycles. The first-order valence-electron chi connectivity index (χ1n) is 6.84. The van der Waals surface area contributed by atoms with Crippen molar-refractivity contribution in [2.75, 3.05) is 7.11 Å². The van der Waals surface area contributed by atoms with Crippen molar-refractivity contribution in [3.8, 4) is 11.5 Å². The Labute approximate surface area is 120 Å². The molecule has 0 aliphatic carbocycles. The van der Waals surface area contributed by atoms with E-state index < -0.39 is 0 Å². The van der Waals surface area contributed by atoms with Gasteiger partial charge in [-0.2, -0.15) is 0 Å². The predicted molar refractivity (Wildman–Crippen MR) is 81.0 cm³/mol. The average molecular weight is 271 g/mol. The molecule has 0 saturated heterocycles. The molecule has 1 atom stereocenters. The molecule has 0 bridgehead atoms. The maximum atomic E-state index is 6.04. The molecule has 0 radical (unpaired) electrons. The zero-order chi connectivity index (χ0) is 14.4. The van der Waals surface area contributed by atoms with Crippen molar-refractivity contribution >= 4 is 0 Å². The van der Waals surface area contributed by atoms with Crippen molar-refractivity contribution < 1.29 is 9.47 Å². The molecule has 106 valence electrons. The summed E-state index contributed by atoms with van der Waals surface area (Å²) in [7, 11) is 1.64. The molecule has 0 saturated carbocycles. The van der Waals surface area contributed by atoms with Crippen LogP contribution in [0.2, 0.25) is 0 Å². The number of rotatable bonds is 6. The van der Waals surface area contributed by atoms with Crippen LogP contribution in [0.4, 0.5) is 0 Å². The van der Waals surface area contributed by atoms with Crippen LogP contribution in [0, 0.1) is 0 Å². The monoisotopic (exact) mass is 271 g/mol. The van der Waals surface area contributed by atoms with E-state index in [4.69, 9.17) is 15.2 Å². The summed E-state index contributed by atoms with van der Waals surface area (Å²) in [6.45, 7) is 2.59. The second-order valence-corrected chi connectivity index (χ2v) is 4.70. The number of hydrogen-bond donors (Lipinski definition) is 1. The van der Waals surface area contributed by atoms with E-state index in [1.807, 2.05) is 48.5 Å². The Balaban J connectivity index is 2.11. The van der Waals surface area contributed by atoms with Gasteiger partial charge in [-0.3, -0.25) is 0 Å². The molecular weight excluding hydrogens is 250 g/mol. The molecule has 3 heteroatoms. The highest BCUT2D eigenvalue weighted by Crippen LogP contribution is 2.31. The summed E-state index contributed by atoms with van der Waals surface area (Å²) >= 11 is 0. The quantitative estimate of drug-likeness (QED) is 0.871. The smallest absolute Gasteiger partial charge is 0.161 e. The first-order valence-corrected chi connectivity index (χ1v) is 6.84. The fourth-order valence-corrected chi connectivity index (χ4v) is 2.01. The second-order valence-electron chi connectivity index (χ2n) is 4.70. The molecule has 0 unspecified atom stereocenters. The van der Waals surface area contributed by atoms with Gasteiger partial charge >= 0.3 is 0 Å². The molecule has 0 heterocycles. The topological polar surface area (TPSA) is 44.5 Å². The number of benzene rings is 2. The Morgan fingerprint density at radius 3 is 2.45 bits per heavy atom. The first kappa shape index (κ1) is 14.4. The van der Waals surface area contributed by atoms with Gasteiger partial charge in [0.15, 0.2) is 11.5 Å². The van der Waals surface area contributed by atoms with Gasteiger partial charge in [0.25, 0.3) is 0 Å². The zero-order valence-electron chi connectivity index (χ0n) is 12.0. The molecule has 0 spiro atoms. The molecule has 0 aliphatic heterocycles. The van der Waals surface area contributed by atoms with E-state index in [0.29, 0.717) is 6.61 Å². The highest BCUT2D eigenvalue weighted by molar-refractivity contribution is 5.44. The van der Waals surface area contributed by atoms with Crippen LogP contribution in [0.5, 0.6) is 11.5 Å². The lowest BCUT2D eigenvalue weighted by atomic mass is 10.1. The van der Waals surface area contributed by atoms with Gasteiger partial charge in [0.1, 0.15) is 6.61 Å².